The molecule has 0 aliphatic heterocycles. The Balaban J connectivity index is 1.59. The van der Waals surface area contributed by atoms with Crippen molar-refractivity contribution in [1.29, 1.82) is 0 Å². The Morgan fingerprint density at radius 2 is 0.971 bits per heavy atom. The van der Waals surface area contributed by atoms with Crippen LogP contribution in [0.5, 0.6) is 17.2 Å². The number of para-hydroxylation sites is 3. The lowest BCUT2D eigenvalue weighted by Crippen LogP contribution is -2.04. The van der Waals surface area contributed by atoms with E-state index in [1.807, 2.05) is 0 Å². The molecule has 0 saturated heterocycles. The van der Waals surface area contributed by atoms with E-state index in [0.717, 1.165) is 0 Å². The number of nitrogens with zero attached hydrogens (tertiary/aromatic N) is 6. The predicted octanol–water partition coefficient (Wildman–Crippen LogP) is 3.17. The molecule has 11 nitrogen and oxygen atoms in total. The summed E-state index contributed by atoms with van der Waals surface area (Å²) in [5, 5.41) is 50.2. The van der Waals surface area contributed by atoms with Crippen molar-refractivity contribution in [3.8, 4) is 17.2 Å². The monoisotopic (exact) mass is 456 g/mol. The van der Waals surface area contributed by atoms with Crippen LogP contribution in [-0.4, -0.2) is 48.8 Å². The number of hydrogen-bond donors (Lipinski definition) is 5. The molecule has 34 heavy (non-hydrogen) atoms. The fourth-order valence-corrected chi connectivity index (χ4v) is 2.76. The normalized spacial score (nSPS) is 11.5. The standard InChI is InChI=1S/C23H20N8O3/c32-19-10-4-1-7-16(19)13-24-27-22-29-30-23(28-25-14-17-8-2-5-11-20(17)33)31(22)26-15-18-9-3-6-12-21(18)34/h1-15,32-34H,(H,27,29)(H,28,30)/b24-13+,25-14+,26-15-. The smallest absolute Gasteiger partial charge is 0.267 e. The van der Waals surface area contributed by atoms with Crippen LogP contribution in [0.4, 0.5) is 11.9 Å². The van der Waals surface area contributed by atoms with Crippen LogP contribution in [0, 0.1) is 0 Å². The van der Waals surface area contributed by atoms with Crippen molar-refractivity contribution in [2.45, 2.75) is 0 Å². The zero-order valence-corrected chi connectivity index (χ0v) is 17.7. The van der Waals surface area contributed by atoms with Crippen LogP contribution in [-0.2, 0) is 0 Å². The van der Waals surface area contributed by atoms with Gasteiger partial charge in [-0.25, -0.2) is 10.9 Å². The molecule has 0 aliphatic rings. The minimum Gasteiger partial charge on any atom is -0.507 e. The zero-order valence-electron chi connectivity index (χ0n) is 17.7. The molecule has 0 bridgehead atoms. The van der Waals surface area contributed by atoms with E-state index in [2.05, 4.69) is 36.4 Å². The van der Waals surface area contributed by atoms with Gasteiger partial charge in [-0.1, -0.05) is 36.4 Å². The van der Waals surface area contributed by atoms with Gasteiger partial charge in [-0.15, -0.1) is 10.2 Å². The van der Waals surface area contributed by atoms with Crippen LogP contribution in [0.15, 0.2) is 88.1 Å². The third kappa shape index (κ3) is 5.34. The van der Waals surface area contributed by atoms with E-state index in [4.69, 9.17) is 0 Å². The fourth-order valence-electron chi connectivity index (χ4n) is 2.76. The molecule has 1 heterocycles. The summed E-state index contributed by atoms with van der Waals surface area (Å²) in [5.74, 6) is 0.483. The second-order valence-corrected chi connectivity index (χ2v) is 6.82. The first-order valence-electron chi connectivity index (χ1n) is 10.0. The first kappa shape index (κ1) is 22.0. The van der Waals surface area contributed by atoms with Gasteiger partial charge < -0.3 is 15.3 Å². The summed E-state index contributed by atoms with van der Waals surface area (Å²) in [6.07, 6.45) is 4.27. The first-order valence-corrected chi connectivity index (χ1v) is 10.0. The molecule has 5 N–H and O–H groups in total. The van der Waals surface area contributed by atoms with Crippen LogP contribution in [0.25, 0.3) is 0 Å². The molecule has 0 spiro atoms. The fraction of sp³-hybridized carbons (Fsp3) is 0. The van der Waals surface area contributed by atoms with Crippen molar-refractivity contribution in [3.63, 3.8) is 0 Å². The van der Waals surface area contributed by atoms with E-state index in [9.17, 15) is 15.3 Å². The molecule has 0 saturated carbocycles. The molecular weight excluding hydrogens is 436 g/mol. The molecule has 170 valence electrons. The number of phenols is 3. The first-order chi connectivity index (χ1) is 16.6. The highest BCUT2D eigenvalue weighted by molar-refractivity contribution is 5.85. The van der Waals surface area contributed by atoms with Gasteiger partial charge in [-0.2, -0.15) is 20.0 Å². The highest BCUT2D eigenvalue weighted by Gasteiger charge is 2.11. The number of hydrazone groups is 2. The van der Waals surface area contributed by atoms with E-state index < -0.39 is 0 Å². The summed E-state index contributed by atoms with van der Waals surface area (Å²) < 4.78 is 1.29. The molecule has 0 aliphatic carbocycles. The quantitative estimate of drug-likeness (QED) is 0.202. The average molecular weight is 456 g/mol. The molecule has 11 heteroatoms. The number of nitrogens with one attached hydrogen (secondary N) is 2. The molecule has 0 atom stereocenters. The van der Waals surface area contributed by atoms with Crippen molar-refractivity contribution >= 4 is 30.5 Å². The molecule has 0 fully saturated rings. The van der Waals surface area contributed by atoms with Crippen LogP contribution in [0.2, 0.25) is 0 Å². The topological polar surface area (TPSA) is 153 Å². The van der Waals surface area contributed by atoms with Crippen LogP contribution >= 0.6 is 0 Å². The Kier molecular flexibility index (Phi) is 6.75. The molecule has 4 aromatic rings. The largest absolute Gasteiger partial charge is 0.507 e. The Morgan fingerprint density at radius 3 is 1.38 bits per heavy atom. The molecule has 4 rings (SSSR count). The highest BCUT2D eigenvalue weighted by atomic mass is 16.3. The number of hydrogen-bond acceptors (Lipinski definition) is 10. The van der Waals surface area contributed by atoms with Crippen molar-refractivity contribution in [3.05, 3.63) is 89.5 Å². The number of rotatable bonds is 8. The SMILES string of the molecule is Oc1ccccc1/C=N\n1c(N/N=C/c2ccccc2O)nnc1N/N=C/c1ccccc1O. The maximum absolute atomic E-state index is 10.0. The summed E-state index contributed by atoms with van der Waals surface area (Å²) in [7, 11) is 0. The Morgan fingerprint density at radius 1 is 0.588 bits per heavy atom. The van der Waals surface area contributed by atoms with Crippen molar-refractivity contribution < 1.29 is 15.3 Å². The lowest BCUT2D eigenvalue weighted by Gasteiger charge is -2.04. The van der Waals surface area contributed by atoms with Gasteiger partial charge in [-0.05, 0) is 36.4 Å². The Hall–Kier alpha value is -5.19. The Bertz CT molecular complexity index is 1290. The molecular formula is C23H20N8O3. The number of benzene rings is 3. The van der Waals surface area contributed by atoms with Gasteiger partial charge in [0.05, 0.1) is 18.6 Å². The predicted molar refractivity (Wildman–Crippen MR) is 130 cm³/mol. The van der Waals surface area contributed by atoms with E-state index >= 15 is 0 Å². The number of aromatic hydroxyl groups is 3. The van der Waals surface area contributed by atoms with Gasteiger partial charge in [0.2, 0.25) is 0 Å². The van der Waals surface area contributed by atoms with Crippen LogP contribution < -0.4 is 10.9 Å². The minimum atomic E-state index is 0.0542. The summed E-state index contributed by atoms with van der Waals surface area (Å²) in [6, 6.07) is 20.1. The van der Waals surface area contributed by atoms with Gasteiger partial charge in [0, 0.05) is 16.7 Å². The van der Waals surface area contributed by atoms with E-state index in [1.165, 1.54) is 23.3 Å². The number of aromatic nitrogens is 3. The highest BCUT2D eigenvalue weighted by Crippen LogP contribution is 2.17. The van der Waals surface area contributed by atoms with E-state index in [0.29, 0.717) is 16.7 Å². The maximum Gasteiger partial charge on any atom is 0.267 e. The van der Waals surface area contributed by atoms with Crippen molar-refractivity contribution in [2.75, 3.05) is 10.9 Å². The van der Waals surface area contributed by atoms with Gasteiger partial charge in [0.25, 0.3) is 11.9 Å². The van der Waals surface area contributed by atoms with Gasteiger partial charge in [-0.3, -0.25) is 0 Å². The van der Waals surface area contributed by atoms with Gasteiger partial charge >= 0.3 is 0 Å². The molecule has 1 aromatic heterocycles. The van der Waals surface area contributed by atoms with Crippen molar-refractivity contribution in [2.24, 2.45) is 15.3 Å². The van der Waals surface area contributed by atoms with Crippen LogP contribution in [0.1, 0.15) is 16.7 Å². The molecule has 0 unspecified atom stereocenters. The maximum atomic E-state index is 10.0. The lowest BCUT2D eigenvalue weighted by molar-refractivity contribution is 0.474. The van der Waals surface area contributed by atoms with Crippen molar-refractivity contribution in [1.82, 2.24) is 14.9 Å². The van der Waals surface area contributed by atoms with E-state index in [-0.39, 0.29) is 29.1 Å². The second kappa shape index (κ2) is 10.4. The second-order valence-electron chi connectivity index (χ2n) is 6.82. The molecule has 3 aromatic carbocycles. The summed E-state index contributed by atoms with van der Waals surface area (Å²) in [5.41, 5.74) is 6.92. The van der Waals surface area contributed by atoms with Crippen LogP contribution in [0.3, 0.4) is 0 Å². The summed E-state index contributed by atoms with van der Waals surface area (Å²) >= 11 is 0. The number of anilines is 2. The summed E-state index contributed by atoms with van der Waals surface area (Å²) in [4.78, 5) is 0. The third-order valence-electron chi connectivity index (χ3n) is 4.50. The zero-order chi connectivity index (χ0) is 23.8. The minimum absolute atomic E-state index is 0.0542. The lowest BCUT2D eigenvalue weighted by atomic mass is 10.2. The average Bonchev–Trinajstić information content (AvgIpc) is 3.22. The van der Waals surface area contributed by atoms with E-state index in [1.54, 1.807) is 72.8 Å². The molecule has 0 amide bonds. The molecule has 0 radical (unpaired) electrons. The number of phenolic OH excluding ortho intramolecular Hbond substituents is 3. The van der Waals surface area contributed by atoms with Gasteiger partial charge in [0.15, 0.2) is 0 Å². The third-order valence-corrected chi connectivity index (χ3v) is 4.50. The van der Waals surface area contributed by atoms with Gasteiger partial charge in [0.1, 0.15) is 17.2 Å². The summed E-state index contributed by atoms with van der Waals surface area (Å²) in [6.45, 7) is 0. The Labute approximate surface area is 194 Å².